The molecule has 2 aliphatic carbocycles. The van der Waals surface area contributed by atoms with Gasteiger partial charge in [0.15, 0.2) is 11.6 Å². The van der Waals surface area contributed by atoms with Crippen LogP contribution in [0, 0.1) is 0 Å². The van der Waals surface area contributed by atoms with Crippen molar-refractivity contribution < 1.29 is 29.3 Å². The summed E-state index contributed by atoms with van der Waals surface area (Å²) in [6, 6.07) is 7.95. The number of phenols is 1. The second kappa shape index (κ2) is 6.27. The number of aliphatic hydroxyl groups excluding tert-OH is 1. The number of ketones is 2. The molecule has 0 bridgehead atoms. The summed E-state index contributed by atoms with van der Waals surface area (Å²) in [5.74, 6) is -1.72. The number of benzene rings is 2. The van der Waals surface area contributed by atoms with Gasteiger partial charge in [-0.3, -0.25) is 14.4 Å². The van der Waals surface area contributed by atoms with E-state index < -0.39 is 29.1 Å². The molecule has 28 heavy (non-hydrogen) atoms. The smallest absolute Gasteiger partial charge is 0.318 e. The number of aliphatic hydroxyl groups is 1. The SMILES string of the molecule is CCC1(C(=O)OC)c2cc3c(c(O)c2CC[C@@H]1O)C(=O)c1ccccc1C3=O. The first kappa shape index (κ1) is 18.4. The number of hydrogen-bond donors (Lipinski definition) is 2. The Kier molecular flexibility index (Phi) is 4.12. The lowest BCUT2D eigenvalue weighted by molar-refractivity contribution is -0.153. The molecule has 0 amide bonds. The molecule has 0 aliphatic heterocycles. The van der Waals surface area contributed by atoms with Crippen LogP contribution in [0.2, 0.25) is 0 Å². The quantitative estimate of drug-likeness (QED) is 0.662. The van der Waals surface area contributed by atoms with Gasteiger partial charge >= 0.3 is 5.97 Å². The number of carbonyl (C=O) groups is 3. The third kappa shape index (κ3) is 2.15. The summed E-state index contributed by atoms with van der Waals surface area (Å²) >= 11 is 0. The molecule has 0 aromatic heterocycles. The van der Waals surface area contributed by atoms with Gasteiger partial charge in [-0.25, -0.2) is 0 Å². The van der Waals surface area contributed by atoms with Crippen molar-refractivity contribution in [1.29, 1.82) is 0 Å². The minimum atomic E-state index is -1.39. The van der Waals surface area contributed by atoms with E-state index in [4.69, 9.17) is 4.74 Å². The highest BCUT2D eigenvalue weighted by Gasteiger charge is 2.51. The molecule has 2 N–H and O–H groups in total. The van der Waals surface area contributed by atoms with E-state index in [1.54, 1.807) is 31.2 Å². The molecule has 4 rings (SSSR count). The lowest BCUT2D eigenvalue weighted by atomic mass is 9.64. The molecule has 1 unspecified atom stereocenters. The molecule has 0 radical (unpaired) electrons. The molecule has 0 fully saturated rings. The van der Waals surface area contributed by atoms with Crippen LogP contribution >= 0.6 is 0 Å². The fourth-order valence-electron chi connectivity index (χ4n) is 4.63. The van der Waals surface area contributed by atoms with Crippen molar-refractivity contribution in [2.24, 2.45) is 0 Å². The third-order valence-electron chi connectivity index (χ3n) is 6.12. The zero-order valence-corrected chi connectivity index (χ0v) is 15.6. The van der Waals surface area contributed by atoms with Gasteiger partial charge in [0.25, 0.3) is 0 Å². The molecule has 0 saturated heterocycles. The van der Waals surface area contributed by atoms with E-state index in [0.717, 1.165) is 0 Å². The Hall–Kier alpha value is -2.99. The van der Waals surface area contributed by atoms with Crippen molar-refractivity contribution in [3.63, 3.8) is 0 Å². The van der Waals surface area contributed by atoms with Crippen LogP contribution in [-0.2, 0) is 21.4 Å². The van der Waals surface area contributed by atoms with Gasteiger partial charge in [0.05, 0.1) is 18.8 Å². The molecule has 6 nitrogen and oxygen atoms in total. The first-order valence-electron chi connectivity index (χ1n) is 9.22. The van der Waals surface area contributed by atoms with E-state index in [1.807, 2.05) is 0 Å². The molecular weight excluding hydrogens is 360 g/mol. The highest BCUT2D eigenvalue weighted by Crippen LogP contribution is 2.47. The van der Waals surface area contributed by atoms with Crippen molar-refractivity contribution in [2.45, 2.75) is 37.7 Å². The molecule has 2 atom stereocenters. The van der Waals surface area contributed by atoms with Gasteiger partial charge in [0.2, 0.25) is 0 Å². The van der Waals surface area contributed by atoms with Gasteiger partial charge in [0.1, 0.15) is 11.2 Å². The fourth-order valence-corrected chi connectivity index (χ4v) is 4.63. The van der Waals surface area contributed by atoms with Crippen LogP contribution in [-0.4, -0.2) is 41.0 Å². The van der Waals surface area contributed by atoms with E-state index in [2.05, 4.69) is 0 Å². The topological polar surface area (TPSA) is 101 Å². The average Bonchev–Trinajstić information content (AvgIpc) is 2.71. The van der Waals surface area contributed by atoms with E-state index in [-0.39, 0.29) is 47.3 Å². The summed E-state index contributed by atoms with van der Waals surface area (Å²) in [5.41, 5.74) is -0.0924. The molecule has 0 spiro atoms. The van der Waals surface area contributed by atoms with E-state index in [1.165, 1.54) is 13.2 Å². The van der Waals surface area contributed by atoms with Gasteiger partial charge < -0.3 is 14.9 Å². The van der Waals surface area contributed by atoms with E-state index in [9.17, 15) is 24.6 Å². The maximum absolute atomic E-state index is 13.1. The van der Waals surface area contributed by atoms with Crippen molar-refractivity contribution in [3.8, 4) is 5.75 Å². The molecule has 2 aromatic rings. The van der Waals surface area contributed by atoms with Gasteiger partial charge in [-0.1, -0.05) is 31.2 Å². The highest BCUT2D eigenvalue weighted by atomic mass is 16.5. The highest BCUT2D eigenvalue weighted by molar-refractivity contribution is 6.29. The minimum absolute atomic E-state index is 0.0336. The molecule has 2 aliphatic rings. The van der Waals surface area contributed by atoms with Gasteiger partial charge in [-0.05, 0) is 36.5 Å². The van der Waals surface area contributed by atoms with Crippen LogP contribution in [0.1, 0.15) is 62.7 Å². The molecular formula is C22H20O6. The summed E-state index contributed by atoms with van der Waals surface area (Å²) in [6.07, 6.45) is -0.264. The van der Waals surface area contributed by atoms with Crippen LogP contribution in [0.3, 0.4) is 0 Å². The predicted molar refractivity (Wildman–Crippen MR) is 99.7 cm³/mol. The van der Waals surface area contributed by atoms with Crippen LogP contribution in [0.4, 0.5) is 0 Å². The number of rotatable bonds is 2. The Labute approximate surface area is 161 Å². The number of methoxy groups -OCH3 is 1. The maximum Gasteiger partial charge on any atom is 0.318 e. The summed E-state index contributed by atoms with van der Waals surface area (Å²) in [6.45, 7) is 1.74. The van der Waals surface area contributed by atoms with Crippen molar-refractivity contribution >= 4 is 17.5 Å². The van der Waals surface area contributed by atoms with Gasteiger partial charge in [-0.2, -0.15) is 0 Å². The van der Waals surface area contributed by atoms with Crippen LogP contribution in [0.25, 0.3) is 0 Å². The second-order valence-corrected chi connectivity index (χ2v) is 7.25. The zero-order valence-electron chi connectivity index (χ0n) is 15.6. The van der Waals surface area contributed by atoms with Gasteiger partial charge in [-0.15, -0.1) is 0 Å². The number of esters is 1. The summed E-state index contributed by atoms with van der Waals surface area (Å²) in [4.78, 5) is 38.8. The van der Waals surface area contributed by atoms with E-state index in [0.29, 0.717) is 11.1 Å². The first-order valence-corrected chi connectivity index (χ1v) is 9.22. The number of hydrogen-bond acceptors (Lipinski definition) is 6. The number of aromatic hydroxyl groups is 1. The predicted octanol–water partition coefficient (Wildman–Crippen LogP) is 2.30. The normalized spacial score (nSPS) is 22.9. The summed E-state index contributed by atoms with van der Waals surface area (Å²) in [5, 5.41) is 21.7. The van der Waals surface area contributed by atoms with Crippen molar-refractivity contribution in [1.82, 2.24) is 0 Å². The Balaban J connectivity index is 2.05. The molecule has 6 heteroatoms. The van der Waals surface area contributed by atoms with Gasteiger partial charge in [0, 0.05) is 16.7 Å². The monoisotopic (exact) mass is 380 g/mol. The number of carbonyl (C=O) groups excluding carboxylic acids is 3. The first-order chi connectivity index (χ1) is 13.4. The largest absolute Gasteiger partial charge is 0.507 e. The van der Waals surface area contributed by atoms with Crippen molar-refractivity contribution in [2.75, 3.05) is 7.11 Å². The molecule has 144 valence electrons. The Morgan fingerprint density at radius 3 is 2.43 bits per heavy atom. The van der Waals surface area contributed by atoms with E-state index >= 15 is 0 Å². The Bertz CT molecular complexity index is 1040. The summed E-state index contributed by atoms with van der Waals surface area (Å²) in [7, 11) is 1.24. The number of ether oxygens (including phenoxy) is 1. The fraction of sp³-hybridized carbons (Fsp3) is 0.318. The zero-order chi connectivity index (χ0) is 20.2. The molecule has 0 heterocycles. The Morgan fingerprint density at radius 2 is 1.82 bits per heavy atom. The second-order valence-electron chi connectivity index (χ2n) is 7.25. The van der Waals surface area contributed by atoms with Crippen LogP contribution in [0.5, 0.6) is 5.75 Å². The summed E-state index contributed by atoms with van der Waals surface area (Å²) < 4.78 is 4.97. The minimum Gasteiger partial charge on any atom is -0.507 e. The number of fused-ring (bicyclic) bond motifs is 3. The van der Waals surface area contributed by atoms with Crippen molar-refractivity contribution in [3.05, 3.63) is 63.7 Å². The third-order valence-corrected chi connectivity index (χ3v) is 6.12. The lowest BCUT2D eigenvalue weighted by Crippen LogP contribution is -2.50. The lowest BCUT2D eigenvalue weighted by Gasteiger charge is -2.41. The average molecular weight is 380 g/mol. The molecule has 2 aromatic carbocycles. The molecule has 0 saturated carbocycles. The van der Waals surface area contributed by atoms with Crippen LogP contribution < -0.4 is 0 Å². The Morgan fingerprint density at radius 1 is 1.18 bits per heavy atom. The number of phenolic OH excluding ortho intramolecular Hbond substituents is 1. The maximum atomic E-state index is 13.1. The van der Waals surface area contributed by atoms with Crippen LogP contribution in [0.15, 0.2) is 30.3 Å². The standard InChI is InChI=1S/C22H20O6/c1-3-22(21(27)28-2)15-10-14-17(20(26)13(15)8-9-16(22)23)19(25)12-7-5-4-6-11(12)18(14)24/h4-7,10,16,23,26H,3,8-9H2,1-2H3/t16-,22?/m0/s1.